The molecule has 0 saturated heterocycles. The van der Waals surface area contributed by atoms with E-state index in [-0.39, 0.29) is 11.7 Å². The van der Waals surface area contributed by atoms with Crippen LogP contribution in [0.25, 0.3) is 6.08 Å². The highest BCUT2D eigenvalue weighted by Gasteiger charge is 2.32. The number of benzene rings is 3. The van der Waals surface area contributed by atoms with Crippen LogP contribution in [-0.2, 0) is 4.79 Å². The fourth-order valence-corrected chi connectivity index (χ4v) is 3.11. The Morgan fingerprint density at radius 2 is 1.59 bits per heavy atom. The molecular formula is C24H20N2O3. The number of hydrogen-bond acceptors (Lipinski definition) is 4. The zero-order valence-corrected chi connectivity index (χ0v) is 16.2. The number of hydrogen-bond donors (Lipinski definition) is 1. The van der Waals surface area contributed by atoms with Crippen LogP contribution >= 0.6 is 0 Å². The first-order valence-corrected chi connectivity index (χ1v) is 9.20. The Balaban J connectivity index is 1.79. The number of anilines is 1. The molecule has 1 amide bonds. The predicted molar refractivity (Wildman–Crippen MR) is 114 cm³/mol. The first-order valence-electron chi connectivity index (χ1n) is 9.20. The summed E-state index contributed by atoms with van der Waals surface area (Å²) < 4.78 is 5.23. The molecule has 5 nitrogen and oxygen atoms in total. The van der Waals surface area contributed by atoms with Gasteiger partial charge in [0.15, 0.2) is 0 Å². The van der Waals surface area contributed by atoms with E-state index in [1.165, 1.54) is 0 Å². The maximum atomic E-state index is 13.2. The zero-order chi connectivity index (χ0) is 20.4. The minimum atomic E-state index is -0.220. The lowest BCUT2D eigenvalue weighted by Gasteiger charge is -2.18. The average Bonchev–Trinajstić information content (AvgIpc) is 3.06. The second-order valence-electron chi connectivity index (χ2n) is 6.76. The van der Waals surface area contributed by atoms with Gasteiger partial charge in [0.1, 0.15) is 23.0 Å². The van der Waals surface area contributed by atoms with Crippen LogP contribution in [0.5, 0.6) is 11.5 Å². The minimum absolute atomic E-state index is 0.138. The van der Waals surface area contributed by atoms with Crippen LogP contribution in [0, 0.1) is 6.92 Å². The Morgan fingerprint density at radius 3 is 2.21 bits per heavy atom. The number of rotatable bonds is 4. The number of aryl methyl sites for hydroxylation is 1. The van der Waals surface area contributed by atoms with E-state index < -0.39 is 0 Å². The average molecular weight is 384 g/mol. The van der Waals surface area contributed by atoms with E-state index in [0.29, 0.717) is 17.2 Å². The van der Waals surface area contributed by atoms with E-state index in [9.17, 15) is 9.90 Å². The van der Waals surface area contributed by atoms with Gasteiger partial charge >= 0.3 is 0 Å². The molecule has 0 atom stereocenters. The van der Waals surface area contributed by atoms with Gasteiger partial charge in [0.25, 0.3) is 5.91 Å². The van der Waals surface area contributed by atoms with Crippen LogP contribution in [0.2, 0.25) is 0 Å². The summed E-state index contributed by atoms with van der Waals surface area (Å²) in [6.45, 7) is 2.02. The summed E-state index contributed by atoms with van der Waals surface area (Å²) in [5, 5.41) is 9.62. The van der Waals surface area contributed by atoms with Crippen molar-refractivity contribution >= 4 is 23.5 Å². The molecule has 1 aliphatic rings. The van der Waals surface area contributed by atoms with Crippen LogP contribution in [0.3, 0.4) is 0 Å². The van der Waals surface area contributed by atoms with Crippen LogP contribution in [0.4, 0.5) is 5.69 Å². The number of amides is 1. The van der Waals surface area contributed by atoms with Gasteiger partial charge in [-0.25, -0.2) is 4.99 Å². The van der Waals surface area contributed by atoms with Gasteiger partial charge < -0.3 is 9.84 Å². The fourth-order valence-electron chi connectivity index (χ4n) is 3.11. The largest absolute Gasteiger partial charge is 0.508 e. The van der Waals surface area contributed by atoms with Gasteiger partial charge in [-0.3, -0.25) is 9.69 Å². The van der Waals surface area contributed by atoms with Crippen LogP contribution in [0.1, 0.15) is 16.7 Å². The zero-order valence-electron chi connectivity index (χ0n) is 16.2. The molecule has 0 aliphatic carbocycles. The van der Waals surface area contributed by atoms with Crippen molar-refractivity contribution in [2.24, 2.45) is 4.99 Å². The number of aliphatic imine (C=N–C) groups is 1. The number of ether oxygens (including phenoxy) is 1. The van der Waals surface area contributed by atoms with Crippen molar-refractivity contribution in [2.45, 2.75) is 6.92 Å². The Bertz CT molecular complexity index is 1100. The number of phenols is 1. The van der Waals surface area contributed by atoms with Crippen molar-refractivity contribution in [1.82, 2.24) is 0 Å². The molecule has 144 valence electrons. The second kappa shape index (κ2) is 7.64. The van der Waals surface area contributed by atoms with E-state index >= 15 is 0 Å². The molecular weight excluding hydrogens is 364 g/mol. The van der Waals surface area contributed by atoms with Crippen molar-refractivity contribution in [3.05, 3.63) is 95.2 Å². The number of amidine groups is 1. The summed E-state index contributed by atoms with van der Waals surface area (Å²) >= 11 is 0. The summed E-state index contributed by atoms with van der Waals surface area (Å²) in [5.41, 5.74) is 3.84. The summed E-state index contributed by atoms with van der Waals surface area (Å²) in [5.74, 6) is 1.17. The van der Waals surface area contributed by atoms with E-state index in [0.717, 1.165) is 22.4 Å². The predicted octanol–water partition coefficient (Wildman–Crippen LogP) is 4.54. The number of aromatic hydroxyl groups is 1. The first-order chi connectivity index (χ1) is 14.0. The van der Waals surface area contributed by atoms with Crippen molar-refractivity contribution in [1.29, 1.82) is 0 Å². The summed E-state index contributed by atoms with van der Waals surface area (Å²) in [4.78, 5) is 19.4. The third-order valence-corrected chi connectivity index (χ3v) is 4.70. The van der Waals surface area contributed by atoms with Crippen LogP contribution in [0.15, 0.2) is 83.5 Å². The van der Waals surface area contributed by atoms with Crippen LogP contribution < -0.4 is 9.64 Å². The standard InChI is InChI=1S/C24H20N2O3/c1-16-3-5-17(6-4-16)15-22-24(28)26(19-9-11-20(27)12-10-19)23(25-22)18-7-13-21(29-2)14-8-18/h3-15,27H,1-2H3/b22-15+. The molecule has 0 radical (unpaired) electrons. The molecule has 0 unspecified atom stereocenters. The third kappa shape index (κ3) is 3.75. The Kier molecular flexibility index (Phi) is 4.87. The summed E-state index contributed by atoms with van der Waals surface area (Å²) in [6.07, 6.45) is 1.78. The highest BCUT2D eigenvalue weighted by molar-refractivity contribution is 6.33. The lowest BCUT2D eigenvalue weighted by molar-refractivity contribution is -0.113. The smallest absolute Gasteiger partial charge is 0.282 e. The van der Waals surface area contributed by atoms with Gasteiger partial charge in [0.2, 0.25) is 0 Å². The number of nitrogens with zero attached hydrogens (tertiary/aromatic N) is 2. The minimum Gasteiger partial charge on any atom is -0.508 e. The first kappa shape index (κ1) is 18.5. The van der Waals surface area contributed by atoms with Crippen LogP contribution in [-0.4, -0.2) is 24.0 Å². The quantitative estimate of drug-likeness (QED) is 0.672. The van der Waals surface area contributed by atoms with E-state index in [1.807, 2.05) is 55.5 Å². The van der Waals surface area contributed by atoms with Gasteiger partial charge in [-0.1, -0.05) is 29.8 Å². The van der Waals surface area contributed by atoms with Gasteiger partial charge in [-0.05, 0) is 67.1 Å². The lowest BCUT2D eigenvalue weighted by atomic mass is 10.1. The topological polar surface area (TPSA) is 62.1 Å². The monoisotopic (exact) mass is 384 g/mol. The fraction of sp³-hybridized carbons (Fsp3) is 0.0833. The van der Waals surface area contributed by atoms with Crippen molar-refractivity contribution in [3.8, 4) is 11.5 Å². The molecule has 1 aliphatic heterocycles. The summed E-state index contributed by atoms with van der Waals surface area (Å²) in [6, 6.07) is 21.8. The lowest BCUT2D eigenvalue weighted by Crippen LogP contribution is -2.32. The molecule has 1 heterocycles. The van der Waals surface area contributed by atoms with E-state index in [1.54, 1.807) is 42.4 Å². The molecule has 0 saturated carbocycles. The molecule has 5 heteroatoms. The van der Waals surface area contributed by atoms with E-state index in [2.05, 4.69) is 4.99 Å². The molecule has 0 bridgehead atoms. The van der Waals surface area contributed by atoms with Gasteiger partial charge in [0.05, 0.1) is 12.8 Å². The molecule has 0 aromatic heterocycles. The number of methoxy groups -OCH3 is 1. The normalized spacial score (nSPS) is 15.0. The maximum Gasteiger partial charge on any atom is 0.282 e. The van der Waals surface area contributed by atoms with E-state index in [4.69, 9.17) is 4.74 Å². The number of carbonyl (C=O) groups excluding carboxylic acids is 1. The second-order valence-corrected chi connectivity index (χ2v) is 6.76. The molecule has 4 rings (SSSR count). The molecule has 1 N–H and O–H groups in total. The molecule has 0 fully saturated rings. The van der Waals surface area contributed by atoms with Crippen molar-refractivity contribution < 1.29 is 14.6 Å². The molecule has 0 spiro atoms. The van der Waals surface area contributed by atoms with Gasteiger partial charge in [0, 0.05) is 5.56 Å². The Morgan fingerprint density at radius 1 is 0.931 bits per heavy atom. The number of phenolic OH excluding ortho intramolecular Hbond substituents is 1. The molecule has 3 aromatic carbocycles. The summed E-state index contributed by atoms with van der Waals surface area (Å²) in [7, 11) is 1.61. The van der Waals surface area contributed by atoms with Crippen molar-refractivity contribution in [3.63, 3.8) is 0 Å². The maximum absolute atomic E-state index is 13.2. The van der Waals surface area contributed by atoms with Gasteiger partial charge in [-0.2, -0.15) is 0 Å². The van der Waals surface area contributed by atoms with Crippen molar-refractivity contribution in [2.75, 3.05) is 12.0 Å². The molecule has 3 aromatic rings. The third-order valence-electron chi connectivity index (χ3n) is 4.70. The highest BCUT2D eigenvalue weighted by Crippen LogP contribution is 2.29. The van der Waals surface area contributed by atoms with Gasteiger partial charge in [-0.15, -0.1) is 0 Å². The Labute approximate surface area is 169 Å². The molecule has 29 heavy (non-hydrogen) atoms. The number of carbonyl (C=O) groups is 1. The Hall–Kier alpha value is -3.86. The SMILES string of the molecule is COc1ccc(C2=N/C(=C/c3ccc(C)cc3)C(=O)N2c2ccc(O)cc2)cc1. The highest BCUT2D eigenvalue weighted by atomic mass is 16.5.